The fourth-order valence-electron chi connectivity index (χ4n) is 2.23. The van der Waals surface area contributed by atoms with Crippen molar-refractivity contribution in [1.29, 1.82) is 0 Å². The van der Waals surface area contributed by atoms with Gasteiger partial charge in [0.15, 0.2) is 0 Å². The van der Waals surface area contributed by atoms with Crippen LogP contribution in [0.15, 0.2) is 34.9 Å². The third-order valence-corrected chi connectivity index (χ3v) is 4.16. The lowest BCUT2D eigenvalue weighted by atomic mass is 10.0. The van der Waals surface area contributed by atoms with Gasteiger partial charge in [-0.05, 0) is 40.4 Å². The van der Waals surface area contributed by atoms with E-state index in [2.05, 4.69) is 33.4 Å². The van der Waals surface area contributed by atoms with E-state index in [1.807, 2.05) is 35.1 Å². The second-order valence-electron chi connectivity index (χ2n) is 4.62. The molecule has 0 saturated heterocycles. The lowest BCUT2D eigenvalue weighted by Crippen LogP contribution is -2.31. The number of hydrogen-bond acceptors (Lipinski definition) is 3. The van der Waals surface area contributed by atoms with Crippen LogP contribution in [-0.2, 0) is 13.0 Å². The fourth-order valence-corrected chi connectivity index (χ4v) is 3.01. The smallest absolute Gasteiger partial charge is 0.0712 e. The molecule has 2 rings (SSSR count). The monoisotopic (exact) mass is 356 g/mol. The Morgan fingerprint density at radius 3 is 2.85 bits per heavy atom. The van der Waals surface area contributed by atoms with Gasteiger partial charge in [0.25, 0.3) is 0 Å². The molecule has 1 unspecified atom stereocenters. The largest absolute Gasteiger partial charge is 0.271 e. The Balaban J connectivity index is 2.29. The van der Waals surface area contributed by atoms with Gasteiger partial charge in [-0.25, -0.2) is 0 Å². The number of halogens is 2. The van der Waals surface area contributed by atoms with E-state index >= 15 is 0 Å². The Morgan fingerprint density at radius 1 is 1.45 bits per heavy atom. The molecule has 0 radical (unpaired) electrons. The van der Waals surface area contributed by atoms with E-state index in [9.17, 15) is 0 Å². The lowest BCUT2D eigenvalue weighted by Gasteiger charge is -2.19. The van der Waals surface area contributed by atoms with E-state index in [1.165, 1.54) is 0 Å². The van der Waals surface area contributed by atoms with Gasteiger partial charge in [0, 0.05) is 11.6 Å². The minimum Gasteiger partial charge on any atom is -0.271 e. The van der Waals surface area contributed by atoms with Gasteiger partial charge in [-0.15, -0.1) is 0 Å². The molecule has 1 aromatic heterocycles. The Hall–Kier alpha value is -0.880. The summed E-state index contributed by atoms with van der Waals surface area (Å²) >= 11 is 9.77. The second kappa shape index (κ2) is 7.22. The van der Waals surface area contributed by atoms with Crippen molar-refractivity contribution in [3.8, 4) is 0 Å². The SMILES string of the molecule is CCCn1ncc(Br)c1C(Cc1ccccc1Cl)NN. The molecule has 108 valence electrons. The zero-order valence-electron chi connectivity index (χ0n) is 11.3. The second-order valence-corrected chi connectivity index (χ2v) is 5.88. The molecule has 0 aliphatic heterocycles. The van der Waals surface area contributed by atoms with Crippen molar-refractivity contribution in [3.05, 3.63) is 51.2 Å². The van der Waals surface area contributed by atoms with Gasteiger partial charge in [0.2, 0.25) is 0 Å². The van der Waals surface area contributed by atoms with Gasteiger partial charge in [0.05, 0.1) is 22.4 Å². The molecule has 0 amide bonds. The van der Waals surface area contributed by atoms with Gasteiger partial charge in [0.1, 0.15) is 0 Å². The van der Waals surface area contributed by atoms with E-state index in [-0.39, 0.29) is 6.04 Å². The van der Waals surface area contributed by atoms with Gasteiger partial charge in [-0.3, -0.25) is 16.0 Å². The molecule has 0 spiro atoms. The fraction of sp³-hybridized carbons (Fsp3) is 0.357. The summed E-state index contributed by atoms with van der Waals surface area (Å²) in [4.78, 5) is 0. The summed E-state index contributed by atoms with van der Waals surface area (Å²) in [7, 11) is 0. The number of hydrazine groups is 1. The Labute approximate surface area is 132 Å². The zero-order valence-corrected chi connectivity index (χ0v) is 13.7. The predicted octanol–water partition coefficient (Wildman–Crippen LogP) is 3.46. The number of aromatic nitrogens is 2. The normalized spacial score (nSPS) is 12.6. The van der Waals surface area contributed by atoms with Crippen LogP contribution >= 0.6 is 27.5 Å². The molecule has 2 aromatic rings. The summed E-state index contributed by atoms with van der Waals surface area (Å²) in [6.45, 7) is 2.99. The number of nitrogens with two attached hydrogens (primary N) is 1. The van der Waals surface area contributed by atoms with E-state index in [0.29, 0.717) is 6.42 Å². The van der Waals surface area contributed by atoms with Crippen LogP contribution in [0.4, 0.5) is 0 Å². The highest BCUT2D eigenvalue weighted by molar-refractivity contribution is 9.10. The molecule has 1 aromatic carbocycles. The number of rotatable bonds is 6. The Kier molecular flexibility index (Phi) is 5.60. The summed E-state index contributed by atoms with van der Waals surface area (Å²) < 4.78 is 2.94. The highest BCUT2D eigenvalue weighted by Gasteiger charge is 2.20. The first-order chi connectivity index (χ1) is 9.67. The maximum Gasteiger partial charge on any atom is 0.0712 e. The van der Waals surface area contributed by atoms with Gasteiger partial charge in [-0.1, -0.05) is 36.7 Å². The number of benzene rings is 1. The molecule has 1 heterocycles. The molecular weight excluding hydrogens is 340 g/mol. The first-order valence-electron chi connectivity index (χ1n) is 6.58. The minimum atomic E-state index is -0.0432. The molecule has 4 nitrogen and oxygen atoms in total. The minimum absolute atomic E-state index is 0.0432. The molecule has 0 fully saturated rings. The average molecular weight is 358 g/mol. The zero-order chi connectivity index (χ0) is 14.5. The Bertz CT molecular complexity index is 570. The molecule has 0 aliphatic carbocycles. The topological polar surface area (TPSA) is 55.9 Å². The molecule has 0 aliphatic rings. The summed E-state index contributed by atoms with van der Waals surface area (Å²) in [6.07, 6.45) is 3.54. The van der Waals surface area contributed by atoms with Crippen molar-refractivity contribution in [2.75, 3.05) is 0 Å². The van der Waals surface area contributed by atoms with Crippen molar-refractivity contribution in [1.82, 2.24) is 15.2 Å². The number of hydrogen-bond donors (Lipinski definition) is 2. The molecule has 1 atom stereocenters. The van der Waals surface area contributed by atoms with Crippen molar-refractivity contribution >= 4 is 27.5 Å². The van der Waals surface area contributed by atoms with Gasteiger partial charge >= 0.3 is 0 Å². The van der Waals surface area contributed by atoms with Crippen molar-refractivity contribution < 1.29 is 0 Å². The molecule has 0 saturated carbocycles. The summed E-state index contributed by atoms with van der Waals surface area (Å²) in [5, 5.41) is 5.13. The van der Waals surface area contributed by atoms with E-state index in [1.54, 1.807) is 0 Å². The van der Waals surface area contributed by atoms with Crippen LogP contribution in [0.1, 0.15) is 30.6 Å². The molecule has 0 bridgehead atoms. The van der Waals surface area contributed by atoms with Crippen LogP contribution in [0.5, 0.6) is 0 Å². The highest BCUT2D eigenvalue weighted by Crippen LogP contribution is 2.28. The summed E-state index contributed by atoms with van der Waals surface area (Å²) in [5.41, 5.74) is 4.98. The van der Waals surface area contributed by atoms with Crippen molar-refractivity contribution in [2.45, 2.75) is 32.4 Å². The third kappa shape index (κ3) is 3.41. The Morgan fingerprint density at radius 2 is 2.20 bits per heavy atom. The maximum absolute atomic E-state index is 6.22. The van der Waals surface area contributed by atoms with Crippen molar-refractivity contribution in [2.24, 2.45) is 5.84 Å². The van der Waals surface area contributed by atoms with Gasteiger partial charge < -0.3 is 0 Å². The third-order valence-electron chi connectivity index (χ3n) is 3.18. The standard InChI is InChI=1S/C14H18BrClN4/c1-2-7-20-14(11(15)9-18-20)13(19-17)8-10-5-3-4-6-12(10)16/h3-6,9,13,19H,2,7-8,17H2,1H3. The summed E-state index contributed by atoms with van der Waals surface area (Å²) in [6, 6.07) is 7.77. The summed E-state index contributed by atoms with van der Waals surface area (Å²) in [5.74, 6) is 5.74. The average Bonchev–Trinajstić information content (AvgIpc) is 2.80. The van der Waals surface area contributed by atoms with Crippen LogP contribution in [-0.4, -0.2) is 9.78 Å². The van der Waals surface area contributed by atoms with E-state index in [0.717, 1.165) is 33.7 Å². The highest BCUT2D eigenvalue weighted by atomic mass is 79.9. The van der Waals surface area contributed by atoms with Gasteiger partial charge in [-0.2, -0.15) is 5.10 Å². The maximum atomic E-state index is 6.22. The molecule has 3 N–H and O–H groups in total. The molecular formula is C14H18BrClN4. The first kappa shape index (κ1) is 15.5. The molecule has 20 heavy (non-hydrogen) atoms. The number of nitrogens with zero attached hydrogens (tertiary/aromatic N) is 2. The van der Waals surface area contributed by atoms with Crippen LogP contribution in [0, 0.1) is 0 Å². The van der Waals surface area contributed by atoms with Crippen molar-refractivity contribution in [3.63, 3.8) is 0 Å². The quantitative estimate of drug-likeness (QED) is 0.615. The predicted molar refractivity (Wildman–Crippen MR) is 85.4 cm³/mol. The van der Waals surface area contributed by atoms with E-state index < -0.39 is 0 Å². The first-order valence-corrected chi connectivity index (χ1v) is 7.75. The van der Waals surface area contributed by atoms with E-state index in [4.69, 9.17) is 17.4 Å². The molecule has 6 heteroatoms. The number of aryl methyl sites for hydroxylation is 1. The lowest BCUT2D eigenvalue weighted by molar-refractivity contribution is 0.476. The van der Waals surface area contributed by atoms with Crippen LogP contribution in [0.25, 0.3) is 0 Å². The van der Waals surface area contributed by atoms with Crippen LogP contribution in [0.2, 0.25) is 5.02 Å². The van der Waals surface area contributed by atoms with Crippen LogP contribution in [0.3, 0.4) is 0 Å². The van der Waals surface area contributed by atoms with Crippen LogP contribution < -0.4 is 11.3 Å². The number of nitrogens with one attached hydrogen (secondary N) is 1.